The van der Waals surface area contributed by atoms with Crippen LogP contribution in [-0.2, 0) is 26.8 Å². The van der Waals surface area contributed by atoms with Gasteiger partial charge >= 0.3 is 0 Å². The van der Waals surface area contributed by atoms with Crippen LogP contribution >= 0.6 is 0 Å². The second-order valence-corrected chi connectivity index (χ2v) is 11.7. The Morgan fingerprint density at radius 3 is 2.56 bits per heavy atom. The molecule has 0 bridgehead atoms. The van der Waals surface area contributed by atoms with Gasteiger partial charge < -0.3 is 19.9 Å². The highest BCUT2D eigenvalue weighted by atomic mass is 16.5. The highest BCUT2D eigenvalue weighted by molar-refractivity contribution is 6.01. The molecular formula is C29H43N3O2. The van der Waals surface area contributed by atoms with E-state index in [9.17, 15) is 4.79 Å². The van der Waals surface area contributed by atoms with Crippen molar-refractivity contribution in [2.75, 3.05) is 25.7 Å². The van der Waals surface area contributed by atoms with Gasteiger partial charge in [0.15, 0.2) is 0 Å². The van der Waals surface area contributed by atoms with Gasteiger partial charge in [-0.05, 0) is 59.3 Å². The van der Waals surface area contributed by atoms with Gasteiger partial charge in [0, 0.05) is 36.8 Å². The quantitative estimate of drug-likeness (QED) is 0.576. The minimum Gasteiger partial charge on any atom is -0.383 e. The lowest BCUT2D eigenvalue weighted by molar-refractivity contribution is -0.124. The summed E-state index contributed by atoms with van der Waals surface area (Å²) in [5.41, 5.74) is 6.34. The van der Waals surface area contributed by atoms with Crippen LogP contribution in [0.5, 0.6) is 0 Å². The normalized spacial score (nSPS) is 29.6. The van der Waals surface area contributed by atoms with E-state index in [1.165, 1.54) is 27.6 Å². The zero-order valence-electron chi connectivity index (χ0n) is 22.3. The minimum atomic E-state index is -0.267. The molecule has 2 aromatic rings. The number of amides is 1. The van der Waals surface area contributed by atoms with E-state index in [-0.39, 0.29) is 34.7 Å². The van der Waals surface area contributed by atoms with Crippen LogP contribution in [0.3, 0.4) is 0 Å². The Hall–Kier alpha value is -2.27. The van der Waals surface area contributed by atoms with E-state index in [0.29, 0.717) is 12.5 Å². The molecule has 4 unspecified atom stereocenters. The fourth-order valence-corrected chi connectivity index (χ4v) is 6.40. The maximum Gasteiger partial charge on any atom is 0.243 e. The van der Waals surface area contributed by atoms with E-state index in [2.05, 4.69) is 88.7 Å². The Labute approximate surface area is 205 Å². The predicted octanol–water partition coefficient (Wildman–Crippen LogP) is 5.47. The third-order valence-electron chi connectivity index (χ3n) is 8.97. The summed E-state index contributed by atoms with van der Waals surface area (Å²) in [5.74, 6) is 0.729. The maximum atomic E-state index is 13.5. The molecule has 0 radical (unpaired) electrons. The number of nitrogens with one attached hydrogen (secondary N) is 2. The Bertz CT molecular complexity index is 1100. The fraction of sp³-hybridized carbons (Fsp3) is 0.621. The van der Waals surface area contributed by atoms with Crippen LogP contribution in [0, 0.1) is 11.8 Å². The minimum absolute atomic E-state index is 0.0625. The number of rotatable bonds is 5. The fourth-order valence-electron chi connectivity index (χ4n) is 6.40. The van der Waals surface area contributed by atoms with Crippen molar-refractivity contribution in [3.63, 3.8) is 0 Å². The largest absolute Gasteiger partial charge is 0.383 e. The number of methoxy groups -OCH3 is 1. The van der Waals surface area contributed by atoms with Gasteiger partial charge in [0.05, 0.1) is 18.2 Å². The van der Waals surface area contributed by atoms with Crippen molar-refractivity contribution in [2.45, 2.75) is 83.7 Å². The number of fused-ring (bicyclic) bond motifs is 2. The molecule has 1 aliphatic heterocycles. The Balaban J connectivity index is 2.09. The van der Waals surface area contributed by atoms with Gasteiger partial charge in [-0.2, -0.15) is 0 Å². The summed E-state index contributed by atoms with van der Waals surface area (Å²) in [4.78, 5) is 19.4. The molecule has 2 aliphatic rings. The van der Waals surface area contributed by atoms with Crippen LogP contribution in [0.25, 0.3) is 10.9 Å². The molecule has 0 saturated carbocycles. The lowest BCUT2D eigenvalue weighted by atomic mass is 9.57. The van der Waals surface area contributed by atoms with Crippen molar-refractivity contribution in [2.24, 2.45) is 11.8 Å². The van der Waals surface area contributed by atoms with E-state index >= 15 is 0 Å². The molecule has 186 valence electrons. The van der Waals surface area contributed by atoms with Crippen molar-refractivity contribution >= 4 is 22.5 Å². The monoisotopic (exact) mass is 465 g/mol. The average Bonchev–Trinajstić information content (AvgIpc) is 3.19. The number of aromatic nitrogens is 1. The van der Waals surface area contributed by atoms with E-state index in [4.69, 9.17) is 4.74 Å². The van der Waals surface area contributed by atoms with E-state index in [1.807, 2.05) is 0 Å². The van der Waals surface area contributed by atoms with Crippen LogP contribution in [0.15, 0.2) is 24.9 Å². The first-order valence-corrected chi connectivity index (χ1v) is 12.8. The average molecular weight is 466 g/mol. The summed E-state index contributed by atoms with van der Waals surface area (Å²) in [5, 5.41) is 4.54. The summed E-state index contributed by atoms with van der Waals surface area (Å²) < 4.78 is 5.50. The number of H-pyrrole nitrogens is 1. The molecule has 5 nitrogen and oxygen atoms in total. The number of hydrogen-bond donors (Lipinski definition) is 2. The van der Waals surface area contributed by atoms with Crippen molar-refractivity contribution in [3.8, 4) is 0 Å². The molecule has 0 spiro atoms. The van der Waals surface area contributed by atoms with Crippen LogP contribution in [0.2, 0.25) is 0 Å². The zero-order chi connectivity index (χ0) is 25.0. The maximum absolute atomic E-state index is 13.5. The predicted molar refractivity (Wildman–Crippen MR) is 142 cm³/mol. The molecule has 1 aromatic carbocycles. The number of ether oxygens (including phenoxy) is 1. The second kappa shape index (κ2) is 8.75. The number of hydrogen-bond acceptors (Lipinski definition) is 3. The molecule has 34 heavy (non-hydrogen) atoms. The van der Waals surface area contributed by atoms with Crippen molar-refractivity contribution in [1.82, 2.24) is 10.3 Å². The first-order valence-electron chi connectivity index (χ1n) is 12.8. The van der Waals surface area contributed by atoms with Crippen molar-refractivity contribution < 1.29 is 9.53 Å². The topological polar surface area (TPSA) is 57.4 Å². The number of anilines is 1. The molecule has 1 aromatic heterocycles. The first-order chi connectivity index (χ1) is 16.0. The first kappa shape index (κ1) is 24.8. The smallest absolute Gasteiger partial charge is 0.243 e. The molecule has 4 atom stereocenters. The molecule has 0 saturated heterocycles. The SMILES string of the molecule is C=CC1(C)CCC(C)(C(C)C)c2c1cc1c3c(c[nH]c23)CC(COC)NC(=O)C(C(C)C)N1C. The zero-order valence-corrected chi connectivity index (χ0v) is 22.3. The summed E-state index contributed by atoms with van der Waals surface area (Å²) in [6.45, 7) is 18.4. The van der Waals surface area contributed by atoms with Gasteiger partial charge in [0.1, 0.15) is 6.04 Å². The van der Waals surface area contributed by atoms with Gasteiger partial charge in [0.25, 0.3) is 0 Å². The number of carbonyl (C=O) groups is 1. The molecule has 1 amide bonds. The third kappa shape index (κ3) is 3.67. The molecule has 5 heteroatoms. The molecule has 2 N–H and O–H groups in total. The molecule has 2 heterocycles. The highest BCUT2D eigenvalue weighted by Gasteiger charge is 2.45. The number of likely N-dealkylation sites (N-methyl/N-ethyl adjacent to an activating group) is 1. The van der Waals surface area contributed by atoms with Gasteiger partial charge in [-0.1, -0.05) is 47.6 Å². The number of benzene rings is 1. The summed E-state index contributed by atoms with van der Waals surface area (Å²) >= 11 is 0. The van der Waals surface area contributed by atoms with Crippen molar-refractivity contribution in [3.05, 3.63) is 41.6 Å². The summed E-state index contributed by atoms with van der Waals surface area (Å²) in [7, 11) is 3.78. The van der Waals surface area contributed by atoms with E-state index in [1.54, 1.807) is 7.11 Å². The molecule has 0 fully saturated rings. The van der Waals surface area contributed by atoms with E-state index < -0.39 is 0 Å². The van der Waals surface area contributed by atoms with Crippen LogP contribution in [0.4, 0.5) is 5.69 Å². The van der Waals surface area contributed by atoms with Gasteiger partial charge in [0.2, 0.25) is 5.91 Å². The molecular weight excluding hydrogens is 422 g/mol. The number of allylic oxidation sites excluding steroid dienone is 1. The Morgan fingerprint density at radius 1 is 1.26 bits per heavy atom. The van der Waals surface area contributed by atoms with Crippen LogP contribution in [-0.4, -0.2) is 43.7 Å². The standard InChI is InChI=1S/C29H43N3O2/c1-10-28(6)11-12-29(7,18(4)5)24-21(28)14-22-23-19(15-30-25(23)24)13-20(16-34-9)31-27(33)26(17(2)3)32(22)8/h10,14-15,17-18,20,26,30H,1,11-13,16H2,2-9H3,(H,31,33). The van der Waals surface area contributed by atoms with Gasteiger partial charge in [-0.3, -0.25) is 4.79 Å². The van der Waals surface area contributed by atoms with Crippen LogP contribution < -0.4 is 10.2 Å². The highest BCUT2D eigenvalue weighted by Crippen LogP contribution is 2.54. The van der Waals surface area contributed by atoms with Gasteiger partial charge in [-0.25, -0.2) is 0 Å². The summed E-state index contributed by atoms with van der Waals surface area (Å²) in [6, 6.07) is 2.05. The number of aromatic amines is 1. The number of nitrogens with zero attached hydrogens (tertiary/aromatic N) is 1. The lowest BCUT2D eigenvalue weighted by Crippen LogP contribution is -2.52. The number of carbonyl (C=O) groups excluding carboxylic acids is 1. The lowest BCUT2D eigenvalue weighted by Gasteiger charge is -2.47. The Kier molecular flexibility index (Phi) is 6.39. The van der Waals surface area contributed by atoms with E-state index in [0.717, 1.165) is 24.9 Å². The second-order valence-electron chi connectivity index (χ2n) is 11.7. The Morgan fingerprint density at radius 2 is 1.97 bits per heavy atom. The van der Waals surface area contributed by atoms with Gasteiger partial charge in [-0.15, -0.1) is 6.58 Å². The van der Waals surface area contributed by atoms with Crippen LogP contribution in [0.1, 0.15) is 71.1 Å². The molecule has 4 rings (SSSR count). The van der Waals surface area contributed by atoms with Crippen molar-refractivity contribution in [1.29, 1.82) is 0 Å². The molecule has 1 aliphatic carbocycles. The summed E-state index contributed by atoms with van der Waals surface area (Å²) in [6.07, 6.45) is 7.23. The third-order valence-corrected chi connectivity index (χ3v) is 8.97.